The molecule has 3 heterocycles. The first kappa shape index (κ1) is 55.1. The summed E-state index contributed by atoms with van der Waals surface area (Å²) in [5, 5.41) is 26.5. The number of amides is 2. The number of hydrogen-bond acceptors (Lipinski definition) is 12. The lowest BCUT2D eigenvalue weighted by Crippen LogP contribution is -2.54. The van der Waals surface area contributed by atoms with Crippen LogP contribution >= 0.6 is 31.9 Å². The van der Waals surface area contributed by atoms with Gasteiger partial charge in [0.1, 0.15) is 15.4 Å². The van der Waals surface area contributed by atoms with Crippen LogP contribution in [0.5, 0.6) is 0 Å². The Morgan fingerprint density at radius 2 is 1.61 bits per heavy atom. The van der Waals surface area contributed by atoms with Gasteiger partial charge in [-0.3, -0.25) is 14.9 Å². The number of likely N-dealkylation sites (tertiary alicyclic amines) is 1. The summed E-state index contributed by atoms with van der Waals surface area (Å²) in [6.07, 6.45) is 11.8. The van der Waals surface area contributed by atoms with E-state index in [0.717, 1.165) is 72.8 Å². The Bertz CT molecular complexity index is 2410. The average Bonchev–Trinajstić information content (AvgIpc) is 4.21. The molecule has 2 saturated heterocycles. The van der Waals surface area contributed by atoms with E-state index in [1.807, 2.05) is 32.6 Å². The molecule has 3 fully saturated rings. The predicted octanol–water partition coefficient (Wildman–Crippen LogP) is 9.26. The maximum Gasteiger partial charge on any atom is 0.407 e. The molecule has 0 spiro atoms. The van der Waals surface area contributed by atoms with Crippen LogP contribution in [0.4, 0.5) is 10.5 Å². The molecular weight excluding hydrogens is 1040 g/mol. The fourth-order valence-corrected chi connectivity index (χ4v) is 12.5. The third-order valence-corrected chi connectivity index (χ3v) is 16.8. The fourth-order valence-electron chi connectivity index (χ4n) is 11.5. The van der Waals surface area contributed by atoms with Gasteiger partial charge in [-0.05, 0) is 123 Å². The van der Waals surface area contributed by atoms with E-state index >= 15 is 0 Å². The number of halogens is 2. The lowest BCUT2D eigenvalue weighted by atomic mass is 9.83. The molecule has 1 saturated carbocycles. The summed E-state index contributed by atoms with van der Waals surface area (Å²) in [4.78, 5) is 44.3. The Hall–Kier alpha value is -4.61. The van der Waals surface area contributed by atoms with Gasteiger partial charge in [0.05, 0.1) is 42.7 Å². The first-order chi connectivity index (χ1) is 34.2. The van der Waals surface area contributed by atoms with Crippen molar-refractivity contribution in [3.63, 3.8) is 0 Å². The lowest BCUT2D eigenvalue weighted by Gasteiger charge is -2.37. The van der Waals surface area contributed by atoms with Gasteiger partial charge >= 0.3 is 6.09 Å². The molecule has 3 aliphatic heterocycles. The largest absolute Gasteiger partial charge is 0.453 e. The van der Waals surface area contributed by atoms with Crippen molar-refractivity contribution in [2.24, 2.45) is 35.3 Å². The van der Waals surface area contributed by atoms with Crippen LogP contribution in [-0.4, -0.2) is 85.3 Å². The number of anilines is 1. The quantitative estimate of drug-likeness (QED) is 0.0556. The van der Waals surface area contributed by atoms with Crippen LogP contribution in [0.2, 0.25) is 0 Å². The normalized spacial score (nSPS) is 26.0. The minimum Gasteiger partial charge on any atom is -0.453 e. The number of hydrogen-bond donors (Lipinski definition) is 7. The molecule has 0 bridgehead atoms. The summed E-state index contributed by atoms with van der Waals surface area (Å²) in [5.41, 5.74) is 14.8. The molecule has 392 valence electrons. The number of alkyl carbamates (subject to hydrolysis) is 1. The number of carbonyl (C=O) groups excluding carboxylic acids is 3. The zero-order chi connectivity index (χ0) is 52.2. The number of ether oxygens (including phenoxy) is 2. The number of Topliss-reactive ketones (excluding diaryl/α,β-unsaturated/α-hetero) is 1. The Labute approximate surface area is 444 Å². The SMILES string of the molecule is C=C(N/C(Br)=C(\N)C1=CCC([C@@H]2CC[C@@H](c3ccc(C4=C(Br)N[C@H]([C@@H]5CCCC5C(=O)[C@@H](NC(=O)OC)C(C)C)N4)cc3)N2c2ccc(C(C)(C)C)cc2)C=C1)[C@@H]1CCCN1C(=O)[C@@H](NC(O)OC)C(C)C. The molecular formula is C56H78Br2N8O6. The number of aliphatic hydroxyl groups excluding tert-OH is 1. The summed E-state index contributed by atoms with van der Waals surface area (Å²) in [6, 6.07) is 17.0. The molecule has 2 aliphatic carbocycles. The summed E-state index contributed by atoms with van der Waals surface area (Å²) in [6.45, 7) is 19.5. The third-order valence-electron chi connectivity index (χ3n) is 15.5. The second kappa shape index (κ2) is 23.7. The highest BCUT2D eigenvalue weighted by atomic mass is 79.9. The highest BCUT2D eigenvalue weighted by Gasteiger charge is 2.44. The standard InChI is InChI=1S/C56H78Br2N8O6/c1-31(2)46(62-54(69)71-9)49(67)40-13-11-14-41(40)52-61-48(51(58)64-52)37-22-18-35(19-23-37)44-29-28-43(66(44)39-26-24-38(25-27-39)56(6,7)8)34-16-20-36(21-17-34)45(59)50(57)60-33(5)42-15-12-30-65(42)53(68)47(32(3)4)63-55(70)72-10/h16,18-27,31-32,34,40-44,46-47,52,55,60-61,63-64,70H,5,11-15,17,28-30,59H2,1-4,6-10H3,(H,62,69)/b50-45-/t34?,40?,41-,42+,43+,44+,46+,47+,52-,55?/m1/s1. The van der Waals surface area contributed by atoms with Gasteiger partial charge in [0.25, 0.3) is 0 Å². The van der Waals surface area contributed by atoms with Gasteiger partial charge in [-0.25, -0.2) is 4.79 Å². The zero-order valence-corrected chi connectivity index (χ0v) is 46.7. The number of ketones is 1. The number of methoxy groups -OCH3 is 2. The maximum absolute atomic E-state index is 13.9. The fraction of sp³-hybridized carbons (Fsp3) is 0.554. The lowest BCUT2D eigenvalue weighted by molar-refractivity contribution is -0.144. The summed E-state index contributed by atoms with van der Waals surface area (Å²) >= 11 is 7.55. The number of allylic oxidation sites excluding steroid dienone is 2. The second-order valence-corrected chi connectivity index (χ2v) is 23.5. The summed E-state index contributed by atoms with van der Waals surface area (Å²) in [7, 11) is 2.71. The van der Waals surface area contributed by atoms with Crippen LogP contribution in [0.15, 0.2) is 99.5 Å². The average molecular weight is 1120 g/mol. The molecule has 8 N–H and O–H groups in total. The molecule has 5 aliphatic rings. The van der Waals surface area contributed by atoms with E-state index in [1.165, 1.54) is 31.0 Å². The molecule has 2 aromatic carbocycles. The second-order valence-electron chi connectivity index (χ2n) is 21.9. The highest BCUT2D eigenvalue weighted by Crippen LogP contribution is 2.46. The smallest absolute Gasteiger partial charge is 0.407 e. The number of nitrogens with two attached hydrogens (primary N) is 1. The minimum absolute atomic E-state index is 0.0305. The zero-order valence-electron chi connectivity index (χ0n) is 43.6. The first-order valence-corrected chi connectivity index (χ1v) is 27.4. The third kappa shape index (κ3) is 12.3. The molecule has 0 radical (unpaired) electrons. The van der Waals surface area contributed by atoms with Gasteiger partial charge in [0, 0.05) is 54.4 Å². The van der Waals surface area contributed by atoms with Gasteiger partial charge in [-0.1, -0.05) is 116 Å². The van der Waals surface area contributed by atoms with Crippen molar-refractivity contribution in [2.75, 3.05) is 25.7 Å². The molecule has 2 aromatic rings. The van der Waals surface area contributed by atoms with E-state index in [1.54, 1.807) is 0 Å². The molecule has 14 nitrogen and oxygen atoms in total. The highest BCUT2D eigenvalue weighted by molar-refractivity contribution is 9.12. The Morgan fingerprint density at radius 1 is 0.917 bits per heavy atom. The van der Waals surface area contributed by atoms with E-state index in [9.17, 15) is 19.5 Å². The molecule has 7 rings (SSSR count). The van der Waals surface area contributed by atoms with Crippen LogP contribution in [0.1, 0.15) is 123 Å². The van der Waals surface area contributed by atoms with Crippen LogP contribution in [0, 0.1) is 29.6 Å². The maximum atomic E-state index is 13.9. The topological polar surface area (TPSA) is 183 Å². The minimum atomic E-state index is -1.25. The first-order valence-electron chi connectivity index (χ1n) is 25.8. The van der Waals surface area contributed by atoms with E-state index in [2.05, 4.69) is 157 Å². The van der Waals surface area contributed by atoms with Crippen LogP contribution in [0.3, 0.4) is 0 Å². The van der Waals surface area contributed by atoms with Gasteiger partial charge in [-0.2, -0.15) is 0 Å². The number of aliphatic hydroxyl groups is 1. The molecule has 16 heteroatoms. The van der Waals surface area contributed by atoms with E-state index in [4.69, 9.17) is 15.2 Å². The van der Waals surface area contributed by atoms with E-state index in [-0.39, 0.29) is 71.0 Å². The van der Waals surface area contributed by atoms with Gasteiger partial charge in [0.15, 0.2) is 5.78 Å². The number of nitrogens with zero attached hydrogens (tertiary/aromatic N) is 2. The van der Waals surface area contributed by atoms with Crippen molar-refractivity contribution < 1.29 is 29.0 Å². The molecule has 3 unspecified atom stereocenters. The van der Waals surface area contributed by atoms with Gasteiger partial charge in [-0.15, -0.1) is 0 Å². The predicted molar refractivity (Wildman–Crippen MR) is 293 cm³/mol. The van der Waals surface area contributed by atoms with Crippen LogP contribution < -0.4 is 37.2 Å². The number of benzene rings is 2. The van der Waals surface area contributed by atoms with Gasteiger partial charge in [0.2, 0.25) is 12.3 Å². The number of carbonyl (C=O) groups is 3. The van der Waals surface area contributed by atoms with Crippen molar-refractivity contribution in [1.82, 2.24) is 31.5 Å². The molecule has 0 aromatic heterocycles. The molecule has 2 amide bonds. The Kier molecular flexibility index (Phi) is 18.2. The molecule has 72 heavy (non-hydrogen) atoms. The van der Waals surface area contributed by atoms with Crippen molar-refractivity contribution in [3.05, 3.63) is 116 Å². The van der Waals surface area contributed by atoms with Gasteiger partial charge < -0.3 is 51.4 Å². The Balaban J connectivity index is 1.04. The van der Waals surface area contributed by atoms with Crippen molar-refractivity contribution in [2.45, 2.75) is 148 Å². The Morgan fingerprint density at radius 3 is 2.22 bits per heavy atom. The number of nitrogens with one attached hydrogen (secondary N) is 5. The summed E-state index contributed by atoms with van der Waals surface area (Å²) < 4.78 is 11.3. The van der Waals surface area contributed by atoms with E-state index < -0.39 is 24.6 Å². The van der Waals surface area contributed by atoms with Crippen LogP contribution in [0.25, 0.3) is 5.70 Å². The monoisotopic (exact) mass is 1120 g/mol. The number of rotatable bonds is 18. The molecule has 10 atom stereocenters. The van der Waals surface area contributed by atoms with E-state index in [0.29, 0.717) is 22.5 Å². The van der Waals surface area contributed by atoms with Crippen molar-refractivity contribution >= 4 is 61.0 Å². The van der Waals surface area contributed by atoms with Crippen molar-refractivity contribution in [1.29, 1.82) is 0 Å². The van der Waals surface area contributed by atoms with Crippen LogP contribution in [-0.2, 0) is 24.5 Å². The van der Waals surface area contributed by atoms with Crippen molar-refractivity contribution in [3.8, 4) is 0 Å². The summed E-state index contributed by atoms with van der Waals surface area (Å²) in [5.74, 6) is -0.0742.